The van der Waals surface area contributed by atoms with Crippen LogP contribution in [0.3, 0.4) is 0 Å². The molecular weight excluding hydrogens is 238 g/mol. The van der Waals surface area contributed by atoms with Gasteiger partial charge in [0.1, 0.15) is 0 Å². The first kappa shape index (κ1) is 11.4. The highest BCUT2D eigenvalue weighted by molar-refractivity contribution is 7.07. The van der Waals surface area contributed by atoms with Crippen LogP contribution in [0.4, 0.5) is 11.4 Å². The average molecular weight is 249 g/mol. The van der Waals surface area contributed by atoms with E-state index < -0.39 is 5.97 Å². The van der Waals surface area contributed by atoms with Crippen LogP contribution in [-0.4, -0.2) is 16.1 Å². The maximum atomic E-state index is 10.9. The van der Waals surface area contributed by atoms with Crippen LogP contribution < -0.4 is 11.1 Å². The Hall–Kier alpha value is -2.08. The van der Waals surface area contributed by atoms with E-state index in [1.807, 2.05) is 5.38 Å². The molecule has 0 spiro atoms. The van der Waals surface area contributed by atoms with Gasteiger partial charge in [0, 0.05) is 5.38 Å². The number of carboxylic acids is 1. The van der Waals surface area contributed by atoms with Crippen LogP contribution in [0, 0.1) is 0 Å². The van der Waals surface area contributed by atoms with E-state index in [2.05, 4.69) is 10.3 Å². The number of carboxylic acid groups (broad SMARTS) is 1. The third kappa shape index (κ3) is 2.54. The molecule has 1 heterocycles. The molecule has 0 unspecified atom stereocenters. The Morgan fingerprint density at radius 2 is 2.35 bits per heavy atom. The quantitative estimate of drug-likeness (QED) is 0.721. The molecule has 1 aromatic carbocycles. The fourth-order valence-corrected chi connectivity index (χ4v) is 1.97. The molecule has 0 saturated heterocycles. The van der Waals surface area contributed by atoms with Gasteiger partial charge in [0.2, 0.25) is 0 Å². The zero-order chi connectivity index (χ0) is 12.3. The van der Waals surface area contributed by atoms with Crippen molar-refractivity contribution in [3.8, 4) is 0 Å². The summed E-state index contributed by atoms with van der Waals surface area (Å²) in [7, 11) is 0. The van der Waals surface area contributed by atoms with Gasteiger partial charge in [-0.3, -0.25) is 0 Å². The van der Waals surface area contributed by atoms with Gasteiger partial charge in [0.15, 0.2) is 0 Å². The SMILES string of the molecule is Nc1c(NCc2cscn2)cccc1C(=O)O. The molecule has 2 rings (SSSR count). The second kappa shape index (κ2) is 4.84. The van der Waals surface area contributed by atoms with Crippen LogP contribution in [-0.2, 0) is 6.54 Å². The number of aromatic nitrogens is 1. The highest BCUT2D eigenvalue weighted by atomic mass is 32.1. The number of hydrogen-bond acceptors (Lipinski definition) is 5. The lowest BCUT2D eigenvalue weighted by Gasteiger charge is -2.09. The maximum Gasteiger partial charge on any atom is 0.337 e. The Labute approximate surface area is 102 Å². The summed E-state index contributed by atoms with van der Waals surface area (Å²) >= 11 is 1.51. The van der Waals surface area contributed by atoms with Crippen molar-refractivity contribution in [1.82, 2.24) is 4.98 Å². The van der Waals surface area contributed by atoms with E-state index in [-0.39, 0.29) is 11.3 Å². The smallest absolute Gasteiger partial charge is 0.337 e. The van der Waals surface area contributed by atoms with Crippen molar-refractivity contribution < 1.29 is 9.90 Å². The largest absolute Gasteiger partial charge is 0.478 e. The first-order valence-electron chi connectivity index (χ1n) is 4.91. The number of nitrogens with one attached hydrogen (secondary N) is 1. The summed E-state index contributed by atoms with van der Waals surface area (Å²) in [6.45, 7) is 0.525. The van der Waals surface area contributed by atoms with E-state index in [0.29, 0.717) is 12.2 Å². The van der Waals surface area contributed by atoms with Gasteiger partial charge in [-0.05, 0) is 12.1 Å². The number of nitrogens with two attached hydrogens (primary N) is 1. The van der Waals surface area contributed by atoms with Gasteiger partial charge in [-0.1, -0.05) is 6.07 Å². The maximum absolute atomic E-state index is 10.9. The van der Waals surface area contributed by atoms with E-state index in [0.717, 1.165) is 5.69 Å². The van der Waals surface area contributed by atoms with Gasteiger partial charge in [-0.15, -0.1) is 11.3 Å². The second-order valence-electron chi connectivity index (χ2n) is 3.41. The number of hydrogen-bond donors (Lipinski definition) is 3. The summed E-state index contributed by atoms with van der Waals surface area (Å²) in [6, 6.07) is 4.88. The number of nitrogen functional groups attached to an aromatic ring is 1. The zero-order valence-electron chi connectivity index (χ0n) is 8.88. The number of thiazole rings is 1. The summed E-state index contributed by atoms with van der Waals surface area (Å²) in [4.78, 5) is 15.0. The molecule has 5 nitrogen and oxygen atoms in total. The van der Waals surface area contributed by atoms with Crippen molar-refractivity contribution in [2.24, 2.45) is 0 Å². The molecule has 4 N–H and O–H groups in total. The monoisotopic (exact) mass is 249 g/mol. The number of para-hydroxylation sites is 1. The van der Waals surface area contributed by atoms with Gasteiger partial charge >= 0.3 is 5.97 Å². The van der Waals surface area contributed by atoms with Crippen LogP contribution in [0.25, 0.3) is 0 Å². The van der Waals surface area contributed by atoms with E-state index in [4.69, 9.17) is 10.8 Å². The number of anilines is 2. The lowest BCUT2D eigenvalue weighted by Crippen LogP contribution is -2.07. The number of rotatable bonds is 4. The predicted molar refractivity (Wildman–Crippen MR) is 67.3 cm³/mol. The lowest BCUT2D eigenvalue weighted by molar-refractivity contribution is 0.0698. The van der Waals surface area contributed by atoms with Crippen LogP contribution in [0.5, 0.6) is 0 Å². The highest BCUT2D eigenvalue weighted by Crippen LogP contribution is 2.23. The van der Waals surface area contributed by atoms with Crippen molar-refractivity contribution in [3.05, 3.63) is 40.3 Å². The van der Waals surface area contributed by atoms with E-state index >= 15 is 0 Å². The van der Waals surface area contributed by atoms with E-state index in [1.54, 1.807) is 17.6 Å². The molecular formula is C11H11N3O2S. The van der Waals surface area contributed by atoms with Crippen LogP contribution >= 0.6 is 11.3 Å². The number of nitrogens with zero attached hydrogens (tertiary/aromatic N) is 1. The van der Waals surface area contributed by atoms with Crippen LogP contribution in [0.15, 0.2) is 29.1 Å². The molecule has 0 aliphatic heterocycles. The predicted octanol–water partition coefficient (Wildman–Crippen LogP) is 2.04. The van der Waals surface area contributed by atoms with Crippen molar-refractivity contribution in [2.45, 2.75) is 6.54 Å². The number of aromatic carboxylic acids is 1. The van der Waals surface area contributed by atoms with Crippen molar-refractivity contribution in [1.29, 1.82) is 0 Å². The topological polar surface area (TPSA) is 88.2 Å². The molecule has 0 radical (unpaired) electrons. The fraction of sp³-hybridized carbons (Fsp3) is 0.0909. The zero-order valence-corrected chi connectivity index (χ0v) is 9.70. The summed E-state index contributed by atoms with van der Waals surface area (Å²) < 4.78 is 0. The molecule has 6 heteroatoms. The molecule has 88 valence electrons. The van der Waals surface area contributed by atoms with Crippen molar-refractivity contribution in [3.63, 3.8) is 0 Å². The molecule has 0 aliphatic rings. The lowest BCUT2D eigenvalue weighted by atomic mass is 10.1. The second-order valence-corrected chi connectivity index (χ2v) is 4.12. The molecule has 1 aromatic heterocycles. The minimum Gasteiger partial charge on any atom is -0.478 e. The number of benzene rings is 1. The molecule has 0 saturated carbocycles. The Balaban J connectivity index is 2.16. The van der Waals surface area contributed by atoms with Gasteiger partial charge in [0.05, 0.1) is 34.7 Å². The normalized spacial score (nSPS) is 10.1. The fourth-order valence-electron chi connectivity index (χ4n) is 1.42. The van der Waals surface area contributed by atoms with E-state index in [1.165, 1.54) is 17.4 Å². The third-order valence-corrected chi connectivity index (χ3v) is 2.92. The molecule has 0 aliphatic carbocycles. The Bertz CT molecular complexity index is 526. The van der Waals surface area contributed by atoms with Gasteiger partial charge in [-0.25, -0.2) is 9.78 Å². The Morgan fingerprint density at radius 3 is 3.00 bits per heavy atom. The highest BCUT2D eigenvalue weighted by Gasteiger charge is 2.10. The molecule has 0 atom stereocenters. The minimum atomic E-state index is -1.03. The molecule has 2 aromatic rings. The molecule has 17 heavy (non-hydrogen) atoms. The van der Waals surface area contributed by atoms with Crippen LogP contribution in [0.2, 0.25) is 0 Å². The summed E-state index contributed by atoms with van der Waals surface area (Å²) in [6.07, 6.45) is 0. The summed E-state index contributed by atoms with van der Waals surface area (Å²) in [5, 5.41) is 13.9. The van der Waals surface area contributed by atoms with Gasteiger partial charge < -0.3 is 16.2 Å². The molecule has 0 amide bonds. The van der Waals surface area contributed by atoms with Gasteiger partial charge in [-0.2, -0.15) is 0 Å². The third-order valence-electron chi connectivity index (χ3n) is 2.28. The van der Waals surface area contributed by atoms with Crippen LogP contribution in [0.1, 0.15) is 16.1 Å². The first-order chi connectivity index (χ1) is 8.18. The van der Waals surface area contributed by atoms with Crippen molar-refractivity contribution in [2.75, 3.05) is 11.1 Å². The first-order valence-corrected chi connectivity index (χ1v) is 5.85. The average Bonchev–Trinajstić information content (AvgIpc) is 2.80. The standard InChI is InChI=1S/C11H11N3O2S/c12-10-8(11(15)16)2-1-3-9(10)13-4-7-5-17-6-14-7/h1-3,5-6,13H,4,12H2,(H,15,16). The van der Waals surface area contributed by atoms with Crippen molar-refractivity contribution >= 4 is 28.7 Å². The minimum absolute atomic E-state index is 0.105. The molecule has 0 fully saturated rings. The Morgan fingerprint density at radius 1 is 1.53 bits per heavy atom. The van der Waals surface area contributed by atoms with E-state index in [9.17, 15) is 4.79 Å². The number of carbonyl (C=O) groups is 1. The Kier molecular flexibility index (Phi) is 3.24. The van der Waals surface area contributed by atoms with Gasteiger partial charge in [0.25, 0.3) is 0 Å². The summed E-state index contributed by atoms with van der Waals surface area (Å²) in [5.41, 5.74) is 9.36. The molecule has 0 bridgehead atoms. The summed E-state index contributed by atoms with van der Waals surface area (Å²) in [5.74, 6) is -1.03.